The summed E-state index contributed by atoms with van der Waals surface area (Å²) in [5.41, 5.74) is 3.42. The molecule has 4 rings (SSSR count). The number of likely N-dealkylation sites (tertiary alicyclic amines) is 1. The maximum absolute atomic E-state index is 12.9. The highest BCUT2D eigenvalue weighted by molar-refractivity contribution is 5.99. The molecule has 3 amide bonds. The third-order valence-electron chi connectivity index (χ3n) is 5.57. The molecule has 1 aromatic carbocycles. The van der Waals surface area contributed by atoms with Gasteiger partial charge in [0, 0.05) is 49.7 Å². The molecule has 7 heteroatoms. The first kappa shape index (κ1) is 19.4. The van der Waals surface area contributed by atoms with E-state index < -0.39 is 0 Å². The number of carbonyl (C=O) groups excluding carboxylic acids is 2. The molecule has 7 nitrogen and oxygen atoms in total. The lowest BCUT2D eigenvalue weighted by Crippen LogP contribution is -2.47. The van der Waals surface area contributed by atoms with E-state index in [1.165, 1.54) is 0 Å². The third kappa shape index (κ3) is 4.56. The van der Waals surface area contributed by atoms with Crippen molar-refractivity contribution in [2.75, 3.05) is 31.1 Å². The van der Waals surface area contributed by atoms with Crippen LogP contribution in [0.25, 0.3) is 0 Å². The van der Waals surface area contributed by atoms with Crippen LogP contribution in [-0.2, 0) is 6.54 Å². The minimum Gasteiger partial charge on any atom is -0.348 e. The van der Waals surface area contributed by atoms with Crippen molar-refractivity contribution in [1.29, 1.82) is 0 Å². The fourth-order valence-corrected chi connectivity index (χ4v) is 4.05. The smallest absolute Gasteiger partial charge is 0.322 e. The largest absolute Gasteiger partial charge is 0.348 e. The maximum Gasteiger partial charge on any atom is 0.322 e. The van der Waals surface area contributed by atoms with Crippen molar-refractivity contribution in [3.63, 3.8) is 0 Å². The molecule has 1 atom stereocenters. The fraction of sp³-hybridized carbons (Fsp3) is 0.409. The van der Waals surface area contributed by atoms with Gasteiger partial charge in [-0.15, -0.1) is 0 Å². The quantitative estimate of drug-likeness (QED) is 0.817. The first-order chi connectivity index (χ1) is 14.1. The molecule has 2 saturated heterocycles. The van der Waals surface area contributed by atoms with Crippen LogP contribution in [-0.4, -0.2) is 54.0 Å². The monoisotopic (exact) mass is 393 g/mol. The highest BCUT2D eigenvalue weighted by Crippen LogP contribution is 2.23. The number of anilines is 1. The van der Waals surface area contributed by atoms with Crippen molar-refractivity contribution in [1.82, 2.24) is 20.5 Å². The Kier molecular flexibility index (Phi) is 5.76. The molecule has 2 N–H and O–H groups in total. The Morgan fingerprint density at radius 3 is 2.93 bits per heavy atom. The minimum atomic E-state index is -0.108. The number of hydrogen-bond acceptors (Lipinski definition) is 4. The summed E-state index contributed by atoms with van der Waals surface area (Å²) in [6.45, 7) is 5.83. The Labute approximate surface area is 171 Å². The summed E-state index contributed by atoms with van der Waals surface area (Å²) in [6.07, 6.45) is 3.83. The van der Waals surface area contributed by atoms with Gasteiger partial charge in [-0.1, -0.05) is 12.1 Å². The number of rotatable bonds is 5. The number of nitrogens with zero attached hydrogens (tertiary/aromatic N) is 3. The summed E-state index contributed by atoms with van der Waals surface area (Å²) in [4.78, 5) is 33.3. The number of hydrogen-bond donors (Lipinski definition) is 2. The zero-order valence-electron chi connectivity index (χ0n) is 16.7. The standard InChI is InChI=1S/C22H27N5O2/c1-16-7-8-17(13-20(16)27-12-10-24-22(27)29)21(28)25-19-6-4-11-26(15-19)14-18-5-2-3-9-23-18/h2-3,5,7-9,13,19H,4,6,10-12,14-15H2,1H3,(H,24,29)(H,25,28). The van der Waals surface area contributed by atoms with Gasteiger partial charge in [0.25, 0.3) is 5.91 Å². The Bertz CT molecular complexity index is 886. The van der Waals surface area contributed by atoms with Gasteiger partial charge in [-0.2, -0.15) is 0 Å². The lowest BCUT2D eigenvalue weighted by molar-refractivity contribution is 0.0900. The van der Waals surface area contributed by atoms with Crippen molar-refractivity contribution < 1.29 is 9.59 Å². The average molecular weight is 393 g/mol. The van der Waals surface area contributed by atoms with Gasteiger partial charge in [-0.05, 0) is 56.1 Å². The predicted molar refractivity (Wildman–Crippen MR) is 112 cm³/mol. The van der Waals surface area contributed by atoms with Crippen LogP contribution in [0.1, 0.15) is 34.5 Å². The number of urea groups is 1. The van der Waals surface area contributed by atoms with Crippen LogP contribution in [0.2, 0.25) is 0 Å². The molecule has 0 saturated carbocycles. The van der Waals surface area contributed by atoms with Gasteiger partial charge in [0.15, 0.2) is 0 Å². The number of benzene rings is 1. The van der Waals surface area contributed by atoms with Gasteiger partial charge < -0.3 is 10.6 Å². The van der Waals surface area contributed by atoms with Gasteiger partial charge in [0.05, 0.1) is 5.69 Å². The highest BCUT2D eigenvalue weighted by Gasteiger charge is 2.25. The van der Waals surface area contributed by atoms with Crippen LogP contribution in [0.4, 0.5) is 10.5 Å². The number of nitrogens with one attached hydrogen (secondary N) is 2. The molecule has 0 radical (unpaired) electrons. The Morgan fingerprint density at radius 1 is 1.28 bits per heavy atom. The third-order valence-corrected chi connectivity index (χ3v) is 5.57. The average Bonchev–Trinajstić information content (AvgIpc) is 3.15. The molecular formula is C22H27N5O2. The van der Waals surface area contributed by atoms with Crippen molar-refractivity contribution in [3.8, 4) is 0 Å². The summed E-state index contributed by atoms with van der Waals surface area (Å²) in [6, 6.07) is 11.5. The van der Waals surface area contributed by atoms with Crippen molar-refractivity contribution in [2.45, 2.75) is 32.4 Å². The molecule has 29 heavy (non-hydrogen) atoms. The van der Waals surface area contributed by atoms with E-state index in [0.29, 0.717) is 18.7 Å². The molecule has 1 unspecified atom stereocenters. The Balaban J connectivity index is 1.40. The van der Waals surface area contributed by atoms with E-state index >= 15 is 0 Å². The predicted octanol–water partition coefficient (Wildman–Crippen LogP) is 2.31. The number of pyridine rings is 1. The first-order valence-electron chi connectivity index (χ1n) is 10.2. The molecule has 0 bridgehead atoms. The topological polar surface area (TPSA) is 77.6 Å². The summed E-state index contributed by atoms with van der Waals surface area (Å²) < 4.78 is 0. The number of amides is 3. The molecule has 152 valence electrons. The highest BCUT2D eigenvalue weighted by atomic mass is 16.2. The second-order valence-electron chi connectivity index (χ2n) is 7.75. The lowest BCUT2D eigenvalue weighted by Gasteiger charge is -2.33. The summed E-state index contributed by atoms with van der Waals surface area (Å²) in [5.74, 6) is -0.0875. The number of carbonyl (C=O) groups is 2. The molecule has 3 heterocycles. The zero-order valence-corrected chi connectivity index (χ0v) is 16.7. The van der Waals surface area contributed by atoms with Gasteiger partial charge >= 0.3 is 6.03 Å². The van der Waals surface area contributed by atoms with Crippen LogP contribution >= 0.6 is 0 Å². The molecule has 2 aliphatic heterocycles. The second-order valence-corrected chi connectivity index (χ2v) is 7.75. The van der Waals surface area contributed by atoms with Crippen LogP contribution in [0, 0.1) is 6.92 Å². The molecule has 2 aromatic rings. The number of aryl methyl sites for hydroxylation is 1. The maximum atomic E-state index is 12.9. The van der Waals surface area contributed by atoms with Crippen LogP contribution in [0.15, 0.2) is 42.6 Å². The van der Waals surface area contributed by atoms with Crippen molar-refractivity contribution in [3.05, 3.63) is 59.4 Å². The van der Waals surface area contributed by atoms with Crippen molar-refractivity contribution in [2.24, 2.45) is 0 Å². The molecule has 2 fully saturated rings. The first-order valence-corrected chi connectivity index (χ1v) is 10.2. The normalized spacial score (nSPS) is 19.8. The Morgan fingerprint density at radius 2 is 2.17 bits per heavy atom. The summed E-state index contributed by atoms with van der Waals surface area (Å²) in [7, 11) is 0. The van der Waals surface area contributed by atoms with Gasteiger partial charge in [-0.25, -0.2) is 4.79 Å². The van der Waals surface area contributed by atoms with Crippen LogP contribution in [0.3, 0.4) is 0 Å². The van der Waals surface area contributed by atoms with Crippen LogP contribution in [0.5, 0.6) is 0 Å². The van der Waals surface area contributed by atoms with E-state index in [-0.39, 0.29) is 18.0 Å². The van der Waals surface area contributed by atoms with E-state index in [2.05, 4.69) is 20.5 Å². The molecule has 0 aliphatic carbocycles. The lowest BCUT2D eigenvalue weighted by atomic mass is 10.0. The SMILES string of the molecule is Cc1ccc(C(=O)NC2CCCN(Cc3ccccn3)C2)cc1N1CCNC1=O. The van der Waals surface area contributed by atoms with E-state index in [1.54, 1.807) is 4.90 Å². The number of aromatic nitrogens is 1. The van der Waals surface area contributed by atoms with Gasteiger partial charge in [0.2, 0.25) is 0 Å². The summed E-state index contributed by atoms with van der Waals surface area (Å²) in [5, 5.41) is 5.99. The summed E-state index contributed by atoms with van der Waals surface area (Å²) >= 11 is 0. The van der Waals surface area contributed by atoms with E-state index in [4.69, 9.17) is 0 Å². The molecular weight excluding hydrogens is 366 g/mol. The zero-order chi connectivity index (χ0) is 20.2. The molecule has 2 aliphatic rings. The molecule has 0 spiro atoms. The van der Waals surface area contributed by atoms with Gasteiger partial charge in [-0.3, -0.25) is 19.6 Å². The fourth-order valence-electron chi connectivity index (χ4n) is 4.05. The Hall–Kier alpha value is -2.93. The minimum absolute atomic E-state index is 0.0875. The molecule has 1 aromatic heterocycles. The van der Waals surface area contributed by atoms with E-state index in [1.807, 2.05) is 49.5 Å². The second kappa shape index (κ2) is 8.61. The van der Waals surface area contributed by atoms with E-state index in [9.17, 15) is 9.59 Å². The van der Waals surface area contributed by atoms with Crippen molar-refractivity contribution >= 4 is 17.6 Å². The van der Waals surface area contributed by atoms with Gasteiger partial charge in [0.1, 0.15) is 0 Å². The van der Waals surface area contributed by atoms with Crippen LogP contribution < -0.4 is 15.5 Å². The van der Waals surface area contributed by atoms with E-state index in [0.717, 1.165) is 49.4 Å². The number of piperidine rings is 1.